The highest BCUT2D eigenvalue weighted by Gasteiger charge is 2.38. The molecule has 1 aromatic heterocycles. The standard InChI is InChI=1S/C29H33F3IN3O/c1-20-21(2)26(8-6-24(20)17-33)35-18-28(3,4)36(19-35)14-5-15-37-27-9-7-23(16-25(27)29(30,31)32)22-10-12-34-13-11-22/h6-13,16H,5,14-15,17-19H2,1-4H3. The number of rotatable bonds is 8. The average molecular weight is 624 g/mol. The van der Waals surface area contributed by atoms with Crippen molar-refractivity contribution in [3.8, 4) is 16.9 Å². The van der Waals surface area contributed by atoms with E-state index in [-0.39, 0.29) is 17.9 Å². The van der Waals surface area contributed by atoms with Crippen LogP contribution in [-0.2, 0) is 10.6 Å². The average Bonchev–Trinajstić information content (AvgIpc) is 3.17. The van der Waals surface area contributed by atoms with Gasteiger partial charge in [0.15, 0.2) is 0 Å². The molecule has 1 fully saturated rings. The molecule has 0 saturated carbocycles. The predicted octanol–water partition coefficient (Wildman–Crippen LogP) is 7.65. The van der Waals surface area contributed by atoms with Crippen molar-refractivity contribution in [3.63, 3.8) is 0 Å². The minimum Gasteiger partial charge on any atom is -0.493 e. The molecule has 2 heterocycles. The Morgan fingerprint density at radius 2 is 1.73 bits per heavy atom. The Morgan fingerprint density at radius 1 is 1.00 bits per heavy atom. The summed E-state index contributed by atoms with van der Waals surface area (Å²) in [5.41, 5.74) is 5.63. The highest BCUT2D eigenvalue weighted by atomic mass is 127. The molecule has 1 aliphatic rings. The number of ether oxygens (including phenoxy) is 1. The third-order valence-corrected chi connectivity index (χ3v) is 8.08. The molecule has 198 valence electrons. The number of anilines is 1. The number of alkyl halides is 4. The van der Waals surface area contributed by atoms with Gasteiger partial charge in [-0.05, 0) is 92.3 Å². The lowest BCUT2D eigenvalue weighted by Gasteiger charge is -2.29. The number of benzene rings is 2. The van der Waals surface area contributed by atoms with Crippen LogP contribution >= 0.6 is 22.6 Å². The van der Waals surface area contributed by atoms with Gasteiger partial charge < -0.3 is 9.64 Å². The van der Waals surface area contributed by atoms with E-state index in [0.29, 0.717) is 17.5 Å². The quantitative estimate of drug-likeness (QED) is 0.147. The first-order valence-electron chi connectivity index (χ1n) is 12.4. The molecule has 0 spiro atoms. The van der Waals surface area contributed by atoms with Gasteiger partial charge >= 0.3 is 6.18 Å². The largest absolute Gasteiger partial charge is 0.493 e. The van der Waals surface area contributed by atoms with Gasteiger partial charge in [0.2, 0.25) is 0 Å². The van der Waals surface area contributed by atoms with E-state index in [9.17, 15) is 13.2 Å². The third kappa shape index (κ3) is 6.22. The zero-order valence-corrected chi connectivity index (χ0v) is 23.9. The van der Waals surface area contributed by atoms with Gasteiger partial charge in [-0.1, -0.05) is 34.7 Å². The van der Waals surface area contributed by atoms with Crippen molar-refractivity contribution in [2.24, 2.45) is 0 Å². The summed E-state index contributed by atoms with van der Waals surface area (Å²) >= 11 is 2.40. The normalized spacial score (nSPS) is 15.8. The Morgan fingerprint density at radius 3 is 2.41 bits per heavy atom. The Hall–Kier alpha value is -2.33. The molecule has 4 rings (SSSR count). The second kappa shape index (κ2) is 11.2. The van der Waals surface area contributed by atoms with Crippen LogP contribution in [0.2, 0.25) is 0 Å². The minimum atomic E-state index is -4.50. The zero-order chi connectivity index (χ0) is 26.8. The summed E-state index contributed by atoms with van der Waals surface area (Å²) < 4.78 is 48.1. The van der Waals surface area contributed by atoms with Gasteiger partial charge in [-0.3, -0.25) is 9.88 Å². The van der Waals surface area contributed by atoms with Crippen LogP contribution in [0.5, 0.6) is 5.75 Å². The maximum absolute atomic E-state index is 13.8. The summed E-state index contributed by atoms with van der Waals surface area (Å²) in [4.78, 5) is 8.72. The summed E-state index contributed by atoms with van der Waals surface area (Å²) in [7, 11) is 0. The summed E-state index contributed by atoms with van der Waals surface area (Å²) in [5.74, 6) is -0.130. The van der Waals surface area contributed by atoms with E-state index in [1.54, 1.807) is 30.6 Å². The summed E-state index contributed by atoms with van der Waals surface area (Å²) in [6.45, 7) is 11.4. The Labute approximate surface area is 231 Å². The van der Waals surface area contributed by atoms with E-state index in [1.165, 1.54) is 28.4 Å². The first-order valence-corrected chi connectivity index (χ1v) is 13.9. The Balaban J connectivity index is 1.40. The Bertz CT molecular complexity index is 1230. The molecular weight excluding hydrogens is 590 g/mol. The summed E-state index contributed by atoms with van der Waals surface area (Å²) in [6, 6.07) is 12.0. The van der Waals surface area contributed by atoms with Crippen LogP contribution in [0.15, 0.2) is 54.9 Å². The fourth-order valence-electron chi connectivity index (χ4n) is 4.94. The number of pyridine rings is 1. The van der Waals surface area contributed by atoms with Gasteiger partial charge in [0.1, 0.15) is 5.75 Å². The minimum absolute atomic E-state index is 0.0500. The smallest absolute Gasteiger partial charge is 0.419 e. The molecule has 1 aliphatic heterocycles. The number of hydrogen-bond acceptors (Lipinski definition) is 4. The fourth-order valence-corrected chi connectivity index (χ4v) is 5.76. The molecule has 4 nitrogen and oxygen atoms in total. The van der Waals surface area contributed by atoms with Gasteiger partial charge in [-0.15, -0.1) is 0 Å². The maximum Gasteiger partial charge on any atom is 0.419 e. The van der Waals surface area contributed by atoms with Crippen molar-refractivity contribution >= 4 is 28.3 Å². The highest BCUT2D eigenvalue weighted by molar-refractivity contribution is 14.1. The van der Waals surface area contributed by atoms with E-state index >= 15 is 0 Å². The number of hydrogen-bond donors (Lipinski definition) is 0. The fraction of sp³-hybridized carbons (Fsp3) is 0.414. The molecular formula is C29H33F3IN3O. The van der Waals surface area contributed by atoms with E-state index in [0.717, 1.165) is 30.3 Å². The van der Waals surface area contributed by atoms with Crippen molar-refractivity contribution in [2.75, 3.05) is 31.3 Å². The first-order chi connectivity index (χ1) is 17.5. The van der Waals surface area contributed by atoms with Crippen LogP contribution in [0.25, 0.3) is 11.1 Å². The van der Waals surface area contributed by atoms with Crippen LogP contribution in [0, 0.1) is 13.8 Å². The number of nitrogens with zero attached hydrogens (tertiary/aromatic N) is 3. The monoisotopic (exact) mass is 623 g/mol. The lowest BCUT2D eigenvalue weighted by Crippen LogP contribution is -2.41. The van der Waals surface area contributed by atoms with Gasteiger partial charge in [0.05, 0.1) is 18.8 Å². The molecule has 0 atom stereocenters. The Kier molecular flexibility index (Phi) is 8.38. The molecule has 0 aliphatic carbocycles. The molecule has 0 radical (unpaired) electrons. The molecule has 0 bridgehead atoms. The van der Waals surface area contributed by atoms with Gasteiger partial charge in [0.25, 0.3) is 0 Å². The third-order valence-electron chi connectivity index (χ3n) is 7.26. The van der Waals surface area contributed by atoms with Gasteiger partial charge in [0, 0.05) is 41.1 Å². The highest BCUT2D eigenvalue weighted by Crippen LogP contribution is 2.39. The van der Waals surface area contributed by atoms with Crippen LogP contribution in [-0.4, -0.2) is 41.8 Å². The SMILES string of the molecule is Cc1c(CI)ccc(N2CN(CCCOc3ccc(-c4ccncc4)cc3C(F)(F)F)C(C)(C)C2)c1C. The summed E-state index contributed by atoms with van der Waals surface area (Å²) in [6.07, 6.45) is -0.738. The predicted molar refractivity (Wildman–Crippen MR) is 151 cm³/mol. The molecule has 2 aromatic carbocycles. The topological polar surface area (TPSA) is 28.6 Å². The van der Waals surface area contributed by atoms with Crippen LogP contribution in [0.3, 0.4) is 0 Å². The lowest BCUT2D eigenvalue weighted by atomic mass is 10.0. The van der Waals surface area contributed by atoms with E-state index < -0.39 is 11.7 Å². The molecule has 3 aromatic rings. The molecule has 37 heavy (non-hydrogen) atoms. The van der Waals surface area contributed by atoms with Crippen molar-refractivity contribution in [1.82, 2.24) is 9.88 Å². The lowest BCUT2D eigenvalue weighted by molar-refractivity contribution is -0.138. The molecule has 0 unspecified atom stereocenters. The van der Waals surface area contributed by atoms with Gasteiger partial charge in [-0.25, -0.2) is 0 Å². The molecule has 0 amide bonds. The van der Waals surface area contributed by atoms with Crippen LogP contribution in [0.4, 0.5) is 18.9 Å². The molecule has 1 saturated heterocycles. The van der Waals surface area contributed by atoms with E-state index in [2.05, 4.69) is 77.2 Å². The van der Waals surface area contributed by atoms with Gasteiger partial charge in [-0.2, -0.15) is 13.2 Å². The molecule has 0 N–H and O–H groups in total. The van der Waals surface area contributed by atoms with Crippen LogP contribution in [0.1, 0.15) is 42.5 Å². The number of aromatic nitrogens is 1. The van der Waals surface area contributed by atoms with E-state index in [4.69, 9.17) is 4.74 Å². The second-order valence-electron chi connectivity index (χ2n) is 10.2. The summed E-state index contributed by atoms with van der Waals surface area (Å²) in [5, 5.41) is 0. The second-order valence-corrected chi connectivity index (χ2v) is 11.0. The first kappa shape index (κ1) is 27.7. The number of halogens is 4. The van der Waals surface area contributed by atoms with Crippen molar-refractivity contribution in [1.29, 1.82) is 0 Å². The van der Waals surface area contributed by atoms with Crippen molar-refractivity contribution in [2.45, 2.75) is 50.3 Å². The molecule has 8 heteroatoms. The maximum atomic E-state index is 13.8. The van der Waals surface area contributed by atoms with Crippen molar-refractivity contribution < 1.29 is 17.9 Å². The van der Waals surface area contributed by atoms with E-state index in [1.807, 2.05) is 0 Å². The zero-order valence-electron chi connectivity index (χ0n) is 21.7. The van der Waals surface area contributed by atoms with Crippen LogP contribution < -0.4 is 9.64 Å². The van der Waals surface area contributed by atoms with Crippen molar-refractivity contribution in [3.05, 3.63) is 77.1 Å².